The largest absolute Gasteiger partial charge is 0.417 e. The van der Waals surface area contributed by atoms with Gasteiger partial charge in [-0.05, 0) is 11.6 Å². The second-order valence-corrected chi connectivity index (χ2v) is 5.05. The minimum absolute atomic E-state index is 0.233. The molecular weight excluding hydrogens is 289 g/mol. The molecule has 1 aromatic carbocycles. The smallest absolute Gasteiger partial charge is 0.314 e. The average Bonchev–Trinajstić information content (AvgIpc) is 2.41. The van der Waals surface area contributed by atoms with Crippen molar-refractivity contribution < 1.29 is 13.2 Å². The minimum atomic E-state index is -4.44. The van der Waals surface area contributed by atoms with Gasteiger partial charge in [0.1, 0.15) is 0 Å². The third kappa shape index (κ3) is 3.16. The lowest BCUT2D eigenvalue weighted by molar-refractivity contribution is -0.137. The van der Waals surface area contributed by atoms with E-state index in [2.05, 4.69) is 16.8 Å². The van der Waals surface area contributed by atoms with Crippen LogP contribution in [-0.2, 0) is 6.18 Å². The predicted molar refractivity (Wildman–Crippen MR) is 73.8 cm³/mol. The quantitative estimate of drug-likeness (QED) is 0.860. The third-order valence-electron chi connectivity index (χ3n) is 3.42. The molecule has 0 bridgehead atoms. The average molecular weight is 305 g/mol. The standard InChI is InChI=1S/C14H16ClF3N2/c1-2-12(20-8-6-19-7-9-20)10-4-3-5-11(13(10)15)14(16,17)18/h2-5,12,19H,1,6-9H2/t12-/m0/s1. The van der Waals surface area contributed by atoms with E-state index in [0.717, 1.165) is 32.2 Å². The molecule has 1 heterocycles. The van der Waals surface area contributed by atoms with Crippen LogP contribution >= 0.6 is 11.6 Å². The van der Waals surface area contributed by atoms with E-state index in [1.54, 1.807) is 12.1 Å². The number of nitrogens with zero attached hydrogens (tertiary/aromatic N) is 1. The topological polar surface area (TPSA) is 15.3 Å². The summed E-state index contributed by atoms with van der Waals surface area (Å²) in [6.07, 6.45) is -2.80. The summed E-state index contributed by atoms with van der Waals surface area (Å²) >= 11 is 5.98. The number of rotatable bonds is 3. The normalized spacial score (nSPS) is 18.8. The highest BCUT2D eigenvalue weighted by molar-refractivity contribution is 6.32. The molecule has 110 valence electrons. The fraction of sp³-hybridized carbons (Fsp3) is 0.429. The highest BCUT2D eigenvalue weighted by Gasteiger charge is 2.35. The van der Waals surface area contributed by atoms with Crippen molar-refractivity contribution in [2.75, 3.05) is 26.2 Å². The Bertz CT molecular complexity index is 482. The summed E-state index contributed by atoms with van der Waals surface area (Å²) in [7, 11) is 0. The zero-order chi connectivity index (χ0) is 14.8. The summed E-state index contributed by atoms with van der Waals surface area (Å²) in [5.74, 6) is 0. The van der Waals surface area contributed by atoms with E-state index in [9.17, 15) is 13.2 Å². The molecule has 0 spiro atoms. The van der Waals surface area contributed by atoms with E-state index in [0.29, 0.717) is 5.56 Å². The van der Waals surface area contributed by atoms with Crippen molar-refractivity contribution in [3.05, 3.63) is 47.0 Å². The third-order valence-corrected chi connectivity index (χ3v) is 3.84. The van der Waals surface area contributed by atoms with Gasteiger partial charge < -0.3 is 5.32 Å². The molecule has 0 aliphatic carbocycles. The number of benzene rings is 1. The zero-order valence-corrected chi connectivity index (χ0v) is 11.6. The second-order valence-electron chi connectivity index (χ2n) is 4.67. The van der Waals surface area contributed by atoms with Gasteiger partial charge in [0.25, 0.3) is 0 Å². The second kappa shape index (κ2) is 6.16. The highest BCUT2D eigenvalue weighted by atomic mass is 35.5. The van der Waals surface area contributed by atoms with Gasteiger partial charge in [-0.2, -0.15) is 13.2 Å². The van der Waals surface area contributed by atoms with Crippen molar-refractivity contribution in [1.29, 1.82) is 0 Å². The SMILES string of the molecule is C=C[C@@H](c1cccc(C(F)(F)F)c1Cl)N1CCNCC1. The van der Waals surface area contributed by atoms with Gasteiger partial charge in [0.05, 0.1) is 16.6 Å². The molecule has 1 aromatic rings. The summed E-state index contributed by atoms with van der Waals surface area (Å²) in [4.78, 5) is 2.07. The molecule has 0 aromatic heterocycles. The van der Waals surface area contributed by atoms with Crippen LogP contribution in [0.3, 0.4) is 0 Å². The fourth-order valence-corrected chi connectivity index (χ4v) is 2.78. The van der Waals surface area contributed by atoms with Crippen LogP contribution in [0, 0.1) is 0 Å². The number of hydrogen-bond donors (Lipinski definition) is 1. The first-order valence-corrected chi connectivity index (χ1v) is 6.76. The van der Waals surface area contributed by atoms with Crippen LogP contribution in [0.2, 0.25) is 5.02 Å². The molecule has 1 aliphatic rings. The number of halogens is 4. The molecule has 0 saturated carbocycles. The first kappa shape index (κ1) is 15.4. The summed E-state index contributed by atoms with van der Waals surface area (Å²) < 4.78 is 38.7. The molecule has 1 saturated heterocycles. The van der Waals surface area contributed by atoms with Crippen molar-refractivity contribution in [2.45, 2.75) is 12.2 Å². The van der Waals surface area contributed by atoms with Gasteiger partial charge in [-0.1, -0.05) is 29.8 Å². The maximum atomic E-state index is 12.9. The Hall–Kier alpha value is -1.04. The Labute approximate surface area is 121 Å². The van der Waals surface area contributed by atoms with Crippen LogP contribution in [-0.4, -0.2) is 31.1 Å². The predicted octanol–water partition coefficient (Wildman–Crippen LogP) is 3.49. The number of hydrogen-bond acceptors (Lipinski definition) is 2. The number of nitrogens with one attached hydrogen (secondary N) is 1. The molecule has 0 radical (unpaired) electrons. The molecule has 1 atom stereocenters. The van der Waals surface area contributed by atoms with Crippen LogP contribution in [0.4, 0.5) is 13.2 Å². The lowest BCUT2D eigenvalue weighted by Gasteiger charge is -2.34. The molecule has 2 nitrogen and oxygen atoms in total. The first-order valence-electron chi connectivity index (χ1n) is 6.38. The van der Waals surface area contributed by atoms with E-state index in [1.165, 1.54) is 6.07 Å². The maximum Gasteiger partial charge on any atom is 0.417 e. The fourth-order valence-electron chi connectivity index (χ4n) is 2.43. The number of piperazine rings is 1. The minimum Gasteiger partial charge on any atom is -0.314 e. The van der Waals surface area contributed by atoms with Crippen LogP contribution < -0.4 is 5.32 Å². The van der Waals surface area contributed by atoms with Gasteiger partial charge in [-0.15, -0.1) is 6.58 Å². The molecular formula is C14H16ClF3N2. The van der Waals surface area contributed by atoms with Crippen molar-refractivity contribution in [3.8, 4) is 0 Å². The molecule has 0 unspecified atom stereocenters. The molecule has 20 heavy (non-hydrogen) atoms. The molecule has 2 rings (SSSR count). The molecule has 0 amide bonds. The van der Waals surface area contributed by atoms with Gasteiger partial charge in [-0.25, -0.2) is 0 Å². The van der Waals surface area contributed by atoms with Crippen LogP contribution in [0.1, 0.15) is 17.2 Å². The van der Waals surface area contributed by atoms with E-state index in [1.807, 2.05) is 0 Å². The van der Waals surface area contributed by atoms with Gasteiger partial charge >= 0.3 is 6.18 Å². The Balaban J connectivity index is 2.37. The summed E-state index contributed by atoms with van der Waals surface area (Å²) in [5.41, 5.74) is -0.336. The van der Waals surface area contributed by atoms with Crippen LogP contribution in [0.25, 0.3) is 0 Å². The van der Waals surface area contributed by atoms with E-state index >= 15 is 0 Å². The number of alkyl halides is 3. The summed E-state index contributed by atoms with van der Waals surface area (Å²) in [6, 6.07) is 3.73. The van der Waals surface area contributed by atoms with E-state index in [-0.39, 0.29) is 11.1 Å². The molecule has 1 N–H and O–H groups in total. The van der Waals surface area contributed by atoms with Crippen molar-refractivity contribution in [3.63, 3.8) is 0 Å². The van der Waals surface area contributed by atoms with Crippen LogP contribution in [0.15, 0.2) is 30.9 Å². The van der Waals surface area contributed by atoms with Crippen molar-refractivity contribution in [2.24, 2.45) is 0 Å². The maximum absolute atomic E-state index is 12.9. The summed E-state index contributed by atoms with van der Waals surface area (Å²) in [6.45, 7) is 6.86. The van der Waals surface area contributed by atoms with Crippen molar-refractivity contribution >= 4 is 11.6 Å². The molecule has 1 fully saturated rings. The van der Waals surface area contributed by atoms with Gasteiger partial charge in [0.15, 0.2) is 0 Å². The van der Waals surface area contributed by atoms with Gasteiger partial charge in [-0.3, -0.25) is 4.90 Å². The lowest BCUT2D eigenvalue weighted by atomic mass is 10.0. The Morgan fingerprint density at radius 1 is 1.30 bits per heavy atom. The molecule has 1 aliphatic heterocycles. The Kier molecular flexibility index (Phi) is 4.73. The van der Waals surface area contributed by atoms with E-state index < -0.39 is 11.7 Å². The summed E-state index contributed by atoms with van der Waals surface area (Å²) in [5, 5.41) is 2.97. The van der Waals surface area contributed by atoms with Crippen molar-refractivity contribution in [1.82, 2.24) is 10.2 Å². The first-order chi connectivity index (χ1) is 9.45. The highest BCUT2D eigenvalue weighted by Crippen LogP contribution is 2.39. The van der Waals surface area contributed by atoms with Gasteiger partial charge in [0.2, 0.25) is 0 Å². The van der Waals surface area contributed by atoms with Gasteiger partial charge in [0, 0.05) is 26.2 Å². The van der Waals surface area contributed by atoms with Crippen LogP contribution in [0.5, 0.6) is 0 Å². The molecule has 6 heteroatoms. The Morgan fingerprint density at radius 3 is 2.50 bits per heavy atom. The Morgan fingerprint density at radius 2 is 1.95 bits per heavy atom. The zero-order valence-electron chi connectivity index (χ0n) is 10.9. The lowest BCUT2D eigenvalue weighted by Crippen LogP contribution is -2.44. The monoisotopic (exact) mass is 304 g/mol. The van der Waals surface area contributed by atoms with E-state index in [4.69, 9.17) is 11.6 Å².